The van der Waals surface area contributed by atoms with E-state index in [1.165, 1.54) is 0 Å². The number of rotatable bonds is 6. The molecule has 24 heavy (non-hydrogen) atoms. The van der Waals surface area contributed by atoms with Crippen LogP contribution in [0.2, 0.25) is 0 Å². The highest BCUT2D eigenvalue weighted by Crippen LogP contribution is 2.30. The molecular weight excluding hydrogens is 324 g/mol. The van der Waals surface area contributed by atoms with Crippen molar-refractivity contribution in [1.29, 1.82) is 0 Å². The Balaban J connectivity index is 0.00000288. The van der Waals surface area contributed by atoms with Crippen molar-refractivity contribution < 1.29 is 9.53 Å². The lowest BCUT2D eigenvalue weighted by molar-refractivity contribution is -0.129. The average molecular weight is 355 g/mol. The maximum absolute atomic E-state index is 12.5. The summed E-state index contributed by atoms with van der Waals surface area (Å²) in [7, 11) is 0. The van der Waals surface area contributed by atoms with Crippen LogP contribution in [-0.4, -0.2) is 24.1 Å². The number of hydrogen-bond donors (Lipinski definition) is 2. The van der Waals surface area contributed by atoms with Crippen LogP contribution in [-0.2, 0) is 4.79 Å². The molecule has 1 amide bonds. The fraction of sp³-hybridized carbons (Fsp3) is 0.632. The van der Waals surface area contributed by atoms with Crippen LogP contribution < -0.4 is 15.8 Å². The van der Waals surface area contributed by atoms with E-state index in [-0.39, 0.29) is 23.9 Å². The molecule has 1 aliphatic carbocycles. The number of aryl methyl sites for hydroxylation is 1. The van der Waals surface area contributed by atoms with Gasteiger partial charge in [-0.1, -0.05) is 38.8 Å². The van der Waals surface area contributed by atoms with Gasteiger partial charge in [-0.05, 0) is 49.8 Å². The van der Waals surface area contributed by atoms with Crippen molar-refractivity contribution in [2.75, 3.05) is 6.54 Å². The fourth-order valence-electron chi connectivity index (χ4n) is 3.26. The lowest BCUT2D eigenvalue weighted by atomic mass is 9.97. The first-order chi connectivity index (χ1) is 10.9. The third kappa shape index (κ3) is 4.87. The van der Waals surface area contributed by atoms with Crippen LogP contribution in [0.3, 0.4) is 0 Å². The van der Waals surface area contributed by atoms with Gasteiger partial charge in [0.2, 0.25) is 0 Å². The highest BCUT2D eigenvalue weighted by molar-refractivity contribution is 5.85. The van der Waals surface area contributed by atoms with Gasteiger partial charge in [-0.2, -0.15) is 0 Å². The molecule has 0 bridgehead atoms. The first kappa shape index (κ1) is 20.8. The normalized spacial score (nSPS) is 17.2. The van der Waals surface area contributed by atoms with E-state index in [9.17, 15) is 4.79 Å². The third-order valence-corrected chi connectivity index (χ3v) is 4.80. The van der Waals surface area contributed by atoms with Gasteiger partial charge in [0.1, 0.15) is 5.75 Å². The largest absolute Gasteiger partial charge is 0.481 e. The molecule has 1 saturated carbocycles. The molecule has 0 aliphatic heterocycles. The first-order valence-corrected chi connectivity index (χ1v) is 8.66. The predicted octanol–water partition coefficient (Wildman–Crippen LogP) is 3.70. The van der Waals surface area contributed by atoms with Gasteiger partial charge in [0, 0.05) is 6.54 Å². The van der Waals surface area contributed by atoms with Crippen LogP contribution >= 0.6 is 12.4 Å². The zero-order valence-corrected chi connectivity index (χ0v) is 16.0. The van der Waals surface area contributed by atoms with Gasteiger partial charge >= 0.3 is 0 Å². The van der Waals surface area contributed by atoms with Crippen molar-refractivity contribution in [3.8, 4) is 5.75 Å². The summed E-state index contributed by atoms with van der Waals surface area (Å²) >= 11 is 0. The minimum atomic E-state index is -0.529. The lowest BCUT2D eigenvalue weighted by Gasteiger charge is -2.30. The average Bonchev–Trinajstić information content (AvgIpc) is 2.96. The maximum atomic E-state index is 12.5. The molecular formula is C19H31ClN2O2. The second-order valence-electron chi connectivity index (χ2n) is 7.14. The first-order valence-electron chi connectivity index (χ1n) is 8.66. The number of ether oxygens (including phenoxy) is 1. The molecule has 1 atom stereocenters. The molecule has 2 rings (SSSR count). The maximum Gasteiger partial charge on any atom is 0.261 e. The molecule has 4 nitrogen and oxygen atoms in total. The SMILES string of the molecule is Cc1ccc(C(C)C)c(OC(C)C(=O)NC2(CN)CCCC2)c1.Cl. The Hall–Kier alpha value is -1.26. The Bertz CT molecular complexity index is 554. The Morgan fingerprint density at radius 1 is 1.29 bits per heavy atom. The predicted molar refractivity (Wildman–Crippen MR) is 101 cm³/mol. The van der Waals surface area contributed by atoms with Crippen LogP contribution in [0, 0.1) is 6.92 Å². The van der Waals surface area contributed by atoms with Crippen molar-refractivity contribution >= 4 is 18.3 Å². The molecule has 5 heteroatoms. The van der Waals surface area contributed by atoms with Gasteiger partial charge in [-0.15, -0.1) is 12.4 Å². The minimum Gasteiger partial charge on any atom is -0.481 e. The summed E-state index contributed by atoms with van der Waals surface area (Å²) < 4.78 is 6.00. The number of benzene rings is 1. The van der Waals surface area contributed by atoms with Crippen LogP contribution in [0.25, 0.3) is 0 Å². The summed E-state index contributed by atoms with van der Waals surface area (Å²) in [6, 6.07) is 6.17. The standard InChI is InChI=1S/C19H30N2O2.ClH/c1-13(2)16-8-7-14(3)11-17(16)23-15(4)18(22)21-19(12-20)9-5-6-10-19;/h7-8,11,13,15H,5-6,9-10,12,20H2,1-4H3,(H,21,22);1H. The summed E-state index contributed by atoms with van der Waals surface area (Å²) in [5.41, 5.74) is 7.92. The van der Waals surface area contributed by atoms with E-state index in [1.807, 2.05) is 13.0 Å². The Morgan fingerprint density at radius 3 is 2.46 bits per heavy atom. The number of nitrogens with two attached hydrogens (primary N) is 1. The van der Waals surface area contributed by atoms with E-state index < -0.39 is 6.10 Å². The van der Waals surface area contributed by atoms with Crippen LogP contribution in [0.5, 0.6) is 5.75 Å². The summed E-state index contributed by atoms with van der Waals surface area (Å²) in [5, 5.41) is 3.14. The topological polar surface area (TPSA) is 64.3 Å². The molecule has 0 spiro atoms. The monoisotopic (exact) mass is 354 g/mol. The smallest absolute Gasteiger partial charge is 0.261 e. The fourth-order valence-corrected chi connectivity index (χ4v) is 3.26. The number of carbonyl (C=O) groups excluding carboxylic acids is 1. The second kappa shape index (κ2) is 8.72. The van der Waals surface area contributed by atoms with E-state index in [2.05, 4.69) is 31.3 Å². The molecule has 0 heterocycles. The van der Waals surface area contributed by atoms with Crippen LogP contribution in [0.1, 0.15) is 63.5 Å². The summed E-state index contributed by atoms with van der Waals surface area (Å²) in [4.78, 5) is 12.5. The molecule has 0 aromatic heterocycles. The Morgan fingerprint density at radius 2 is 1.92 bits per heavy atom. The molecule has 1 aromatic carbocycles. The number of amides is 1. The van der Waals surface area contributed by atoms with Crippen molar-refractivity contribution in [1.82, 2.24) is 5.32 Å². The van der Waals surface area contributed by atoms with E-state index in [0.29, 0.717) is 12.5 Å². The van der Waals surface area contributed by atoms with Crippen molar-refractivity contribution in [3.05, 3.63) is 29.3 Å². The molecule has 1 aromatic rings. The second-order valence-corrected chi connectivity index (χ2v) is 7.14. The minimum absolute atomic E-state index is 0. The van der Waals surface area contributed by atoms with Gasteiger partial charge in [-0.25, -0.2) is 0 Å². The highest BCUT2D eigenvalue weighted by atomic mass is 35.5. The van der Waals surface area contributed by atoms with Crippen LogP contribution in [0.15, 0.2) is 18.2 Å². The van der Waals surface area contributed by atoms with Gasteiger partial charge in [0.05, 0.1) is 5.54 Å². The molecule has 1 fully saturated rings. The number of halogens is 1. The Kier molecular flexibility index (Phi) is 7.56. The number of carbonyl (C=O) groups is 1. The lowest BCUT2D eigenvalue weighted by Crippen LogP contribution is -2.54. The molecule has 0 radical (unpaired) electrons. The quantitative estimate of drug-likeness (QED) is 0.818. The van der Waals surface area contributed by atoms with Crippen molar-refractivity contribution in [3.63, 3.8) is 0 Å². The zero-order valence-electron chi connectivity index (χ0n) is 15.2. The van der Waals surface area contributed by atoms with E-state index in [0.717, 1.165) is 42.6 Å². The summed E-state index contributed by atoms with van der Waals surface area (Å²) in [5.74, 6) is 1.08. The van der Waals surface area contributed by atoms with E-state index in [1.54, 1.807) is 6.92 Å². The Labute approximate surface area is 151 Å². The summed E-state index contributed by atoms with van der Waals surface area (Å²) in [6.45, 7) is 8.59. The van der Waals surface area contributed by atoms with Crippen molar-refractivity contribution in [2.24, 2.45) is 5.73 Å². The van der Waals surface area contributed by atoms with Gasteiger partial charge in [-0.3, -0.25) is 4.79 Å². The molecule has 0 saturated heterocycles. The third-order valence-electron chi connectivity index (χ3n) is 4.80. The zero-order chi connectivity index (χ0) is 17.0. The van der Waals surface area contributed by atoms with Gasteiger partial charge < -0.3 is 15.8 Å². The molecule has 136 valence electrons. The molecule has 1 unspecified atom stereocenters. The molecule has 1 aliphatic rings. The van der Waals surface area contributed by atoms with Crippen molar-refractivity contribution in [2.45, 2.75) is 70.9 Å². The van der Waals surface area contributed by atoms with Crippen LogP contribution in [0.4, 0.5) is 0 Å². The summed E-state index contributed by atoms with van der Waals surface area (Å²) in [6.07, 6.45) is 3.65. The van der Waals surface area contributed by atoms with E-state index in [4.69, 9.17) is 10.5 Å². The number of hydrogen-bond acceptors (Lipinski definition) is 3. The van der Waals surface area contributed by atoms with Gasteiger partial charge in [0.15, 0.2) is 6.10 Å². The number of nitrogens with one attached hydrogen (secondary N) is 1. The molecule has 3 N–H and O–H groups in total. The van der Waals surface area contributed by atoms with Gasteiger partial charge in [0.25, 0.3) is 5.91 Å². The van der Waals surface area contributed by atoms with E-state index >= 15 is 0 Å². The highest BCUT2D eigenvalue weighted by Gasteiger charge is 2.35.